The molecule has 2 atom stereocenters. The van der Waals surface area contributed by atoms with E-state index in [1.807, 2.05) is 11.3 Å². The third-order valence-electron chi connectivity index (χ3n) is 16.2. The molecule has 1 fully saturated rings. The van der Waals surface area contributed by atoms with Crippen LogP contribution in [0.1, 0.15) is 50.7 Å². The third-order valence-corrected chi connectivity index (χ3v) is 17.4. The molecule has 5 heteroatoms. The van der Waals surface area contributed by atoms with E-state index < -0.39 is 0 Å². The van der Waals surface area contributed by atoms with Gasteiger partial charge in [0.1, 0.15) is 0 Å². The molecular formula is C61H48BN3S. The average Bonchev–Trinajstić information content (AvgIpc) is 3.84. The zero-order valence-electron chi connectivity index (χ0n) is 37.6. The summed E-state index contributed by atoms with van der Waals surface area (Å²) in [7, 11) is 0. The highest BCUT2D eigenvalue weighted by Crippen LogP contribution is 2.62. The molecule has 1 saturated carbocycles. The van der Waals surface area contributed by atoms with E-state index >= 15 is 0 Å². The lowest BCUT2D eigenvalue weighted by Crippen LogP contribution is -2.64. The predicted molar refractivity (Wildman–Crippen MR) is 284 cm³/mol. The molecule has 1 aliphatic carbocycles. The van der Waals surface area contributed by atoms with Gasteiger partial charge < -0.3 is 14.7 Å². The van der Waals surface area contributed by atoms with Gasteiger partial charge in [-0.05, 0) is 137 Å². The number of anilines is 8. The first-order valence-corrected chi connectivity index (χ1v) is 24.6. The highest BCUT2D eigenvalue weighted by atomic mass is 32.1. The molecule has 0 bridgehead atoms. The van der Waals surface area contributed by atoms with Crippen LogP contribution in [0, 0.1) is 6.92 Å². The Kier molecular flexibility index (Phi) is 8.09. The van der Waals surface area contributed by atoms with Gasteiger partial charge in [0.15, 0.2) is 0 Å². The molecule has 4 heterocycles. The van der Waals surface area contributed by atoms with E-state index in [-0.39, 0.29) is 17.7 Å². The van der Waals surface area contributed by atoms with Gasteiger partial charge >= 0.3 is 0 Å². The Hall–Kier alpha value is -7.08. The quantitative estimate of drug-likeness (QED) is 0.160. The van der Waals surface area contributed by atoms with Crippen LogP contribution < -0.4 is 31.1 Å². The molecule has 9 aromatic carbocycles. The van der Waals surface area contributed by atoms with Crippen molar-refractivity contribution in [2.24, 2.45) is 0 Å². The van der Waals surface area contributed by atoms with E-state index in [4.69, 9.17) is 0 Å². The first-order valence-electron chi connectivity index (χ1n) is 23.8. The van der Waals surface area contributed by atoms with E-state index in [0.29, 0.717) is 0 Å². The second-order valence-electron chi connectivity index (χ2n) is 19.6. The van der Waals surface area contributed by atoms with Crippen LogP contribution in [-0.4, -0.2) is 12.3 Å². The fraction of sp³-hybridized carbons (Fsp3) is 0.148. The maximum atomic E-state index is 2.83. The van der Waals surface area contributed by atoms with Crippen molar-refractivity contribution >= 4 is 111 Å². The second kappa shape index (κ2) is 14.0. The Morgan fingerprint density at radius 3 is 2.21 bits per heavy atom. The van der Waals surface area contributed by atoms with E-state index in [1.54, 1.807) is 0 Å². The molecule has 316 valence electrons. The van der Waals surface area contributed by atoms with Crippen LogP contribution in [0.4, 0.5) is 45.5 Å². The van der Waals surface area contributed by atoms with Crippen molar-refractivity contribution in [3.05, 3.63) is 199 Å². The van der Waals surface area contributed by atoms with Crippen molar-refractivity contribution in [3.8, 4) is 11.1 Å². The van der Waals surface area contributed by atoms with Gasteiger partial charge in [-0.1, -0.05) is 147 Å². The summed E-state index contributed by atoms with van der Waals surface area (Å²) in [5.41, 5.74) is 19.5. The number of aryl methyl sites for hydroxylation is 1. The summed E-state index contributed by atoms with van der Waals surface area (Å²) in [5.74, 6) is 0. The summed E-state index contributed by atoms with van der Waals surface area (Å²) >= 11 is 1.89. The fourth-order valence-electron chi connectivity index (χ4n) is 13.0. The van der Waals surface area contributed by atoms with Gasteiger partial charge in [-0.3, -0.25) is 0 Å². The normalized spacial score (nSPS) is 18.9. The SMILES string of the molecule is Cc1cc2c3c(c1)N1c4c(cccc4C4(C)CCCCC14C)B3c1ccc(N(c3cccc(-c4cccc5ccccc45)c3)c3cccc4c3sc3ccccc34)cc1N2c1ccccc1. The number of benzene rings is 9. The molecule has 0 N–H and O–H groups in total. The molecule has 0 saturated heterocycles. The second-order valence-corrected chi connectivity index (χ2v) is 20.7. The highest BCUT2D eigenvalue weighted by Gasteiger charge is 2.61. The Balaban J connectivity index is 1.04. The maximum absolute atomic E-state index is 2.83. The van der Waals surface area contributed by atoms with Crippen molar-refractivity contribution in [1.29, 1.82) is 0 Å². The Labute approximate surface area is 391 Å². The first-order chi connectivity index (χ1) is 32.4. The third kappa shape index (κ3) is 5.15. The van der Waals surface area contributed by atoms with Crippen LogP contribution in [0.5, 0.6) is 0 Å². The van der Waals surface area contributed by atoms with Crippen LogP contribution in [0.25, 0.3) is 42.1 Å². The lowest BCUT2D eigenvalue weighted by Gasteiger charge is -2.52. The summed E-state index contributed by atoms with van der Waals surface area (Å²) in [5, 5.41) is 5.10. The zero-order valence-corrected chi connectivity index (χ0v) is 38.4. The summed E-state index contributed by atoms with van der Waals surface area (Å²) in [6, 6.07) is 71.1. The smallest absolute Gasteiger partial charge is 0.252 e. The van der Waals surface area contributed by atoms with Gasteiger partial charge in [-0.25, -0.2) is 0 Å². The number of hydrogen-bond donors (Lipinski definition) is 0. The van der Waals surface area contributed by atoms with Gasteiger partial charge in [-0.2, -0.15) is 0 Å². The van der Waals surface area contributed by atoms with Crippen LogP contribution in [0.15, 0.2) is 188 Å². The molecule has 0 amide bonds. The predicted octanol–water partition coefficient (Wildman–Crippen LogP) is 15.0. The fourth-order valence-corrected chi connectivity index (χ4v) is 14.2. The highest BCUT2D eigenvalue weighted by molar-refractivity contribution is 7.26. The van der Waals surface area contributed by atoms with Crippen molar-refractivity contribution in [2.75, 3.05) is 14.7 Å². The number of nitrogens with zero attached hydrogens (tertiary/aromatic N) is 3. The van der Waals surface area contributed by atoms with E-state index in [0.717, 1.165) is 11.4 Å². The Bertz CT molecular complexity index is 3650. The van der Waals surface area contributed by atoms with Crippen molar-refractivity contribution < 1.29 is 0 Å². The molecule has 14 rings (SSSR count). The minimum absolute atomic E-state index is 0.00732. The lowest BCUT2D eigenvalue weighted by molar-refractivity contribution is 0.195. The van der Waals surface area contributed by atoms with Gasteiger partial charge in [0.05, 0.1) is 15.9 Å². The van der Waals surface area contributed by atoms with Crippen LogP contribution >= 0.6 is 11.3 Å². The molecule has 1 aromatic heterocycles. The summed E-state index contributed by atoms with van der Waals surface area (Å²) in [6.07, 6.45) is 4.96. The molecule has 10 aromatic rings. The number of hydrogen-bond acceptors (Lipinski definition) is 4. The molecular weight excluding hydrogens is 818 g/mol. The van der Waals surface area contributed by atoms with Gasteiger partial charge in [0.2, 0.25) is 0 Å². The monoisotopic (exact) mass is 865 g/mol. The minimum atomic E-state index is -0.00732. The Morgan fingerprint density at radius 2 is 1.30 bits per heavy atom. The minimum Gasteiger partial charge on any atom is -0.335 e. The van der Waals surface area contributed by atoms with E-state index in [2.05, 4.69) is 224 Å². The van der Waals surface area contributed by atoms with Crippen molar-refractivity contribution in [3.63, 3.8) is 0 Å². The van der Waals surface area contributed by atoms with Gasteiger partial charge in [0.25, 0.3) is 6.71 Å². The number of fused-ring (bicyclic) bond motifs is 11. The number of para-hydroxylation sites is 2. The van der Waals surface area contributed by atoms with E-state index in [1.165, 1.54) is 129 Å². The van der Waals surface area contributed by atoms with E-state index in [9.17, 15) is 0 Å². The molecule has 0 spiro atoms. The zero-order chi connectivity index (χ0) is 43.9. The summed E-state index contributed by atoms with van der Waals surface area (Å²) in [4.78, 5) is 7.94. The molecule has 0 radical (unpaired) electrons. The topological polar surface area (TPSA) is 9.72 Å². The molecule has 66 heavy (non-hydrogen) atoms. The standard InChI is InChI=1S/C61H48BN3S/c1-39-35-54-57-55(36-39)65-58-49(60(2)33-11-12-34-61(60,65)3)27-16-28-51(58)62(57)50-32-31-44(38-53(50)64(54)42-20-5-4-6-21-42)63(52-29-15-26-48-47-24-9-10-30-56(47)66-59(48)52)43-22-13-19-41(37-43)46-25-14-18-40-17-7-8-23-45(40)46/h4-10,13-32,35-38H,11-12,33-34H2,1-3H3. The van der Waals surface area contributed by atoms with Crippen molar-refractivity contribution in [2.45, 2.75) is 57.4 Å². The van der Waals surface area contributed by atoms with Gasteiger partial charge in [0, 0.05) is 60.7 Å². The molecule has 3 nitrogen and oxygen atoms in total. The van der Waals surface area contributed by atoms with Crippen LogP contribution in [0.3, 0.4) is 0 Å². The Morgan fingerprint density at radius 1 is 0.576 bits per heavy atom. The largest absolute Gasteiger partial charge is 0.335 e. The molecule has 4 aliphatic rings. The lowest BCUT2D eigenvalue weighted by atomic mass is 9.33. The molecule has 2 unspecified atom stereocenters. The number of rotatable bonds is 5. The first kappa shape index (κ1) is 38.2. The summed E-state index contributed by atoms with van der Waals surface area (Å²) < 4.78 is 2.59. The van der Waals surface area contributed by atoms with Crippen LogP contribution in [0.2, 0.25) is 0 Å². The number of thiophene rings is 1. The molecule has 3 aliphatic heterocycles. The maximum Gasteiger partial charge on any atom is 0.252 e. The summed E-state index contributed by atoms with van der Waals surface area (Å²) in [6.45, 7) is 7.54. The van der Waals surface area contributed by atoms with Crippen molar-refractivity contribution in [1.82, 2.24) is 0 Å². The average molecular weight is 866 g/mol. The van der Waals surface area contributed by atoms with Gasteiger partial charge in [-0.15, -0.1) is 11.3 Å². The van der Waals surface area contributed by atoms with Crippen LogP contribution in [-0.2, 0) is 5.41 Å².